The Kier molecular flexibility index (Phi) is 5.17. The molecule has 8 heteroatoms. The van der Waals surface area contributed by atoms with Crippen LogP contribution in [0.25, 0.3) is 0 Å². The van der Waals surface area contributed by atoms with E-state index < -0.39 is 5.91 Å². The second kappa shape index (κ2) is 6.88. The van der Waals surface area contributed by atoms with Gasteiger partial charge in [-0.3, -0.25) is 14.8 Å². The normalized spacial score (nSPS) is 16.5. The van der Waals surface area contributed by atoms with Gasteiger partial charge < -0.3 is 15.8 Å². The van der Waals surface area contributed by atoms with Crippen LogP contribution < -0.4 is 11.1 Å². The lowest BCUT2D eigenvalue weighted by Gasteiger charge is -2.26. The van der Waals surface area contributed by atoms with Crippen LogP contribution >= 0.6 is 15.9 Å². The molecule has 0 aliphatic carbocycles. The second-order valence-corrected chi connectivity index (χ2v) is 5.15. The minimum Gasteiger partial charge on any atom is -0.379 e. The lowest BCUT2D eigenvalue weighted by molar-refractivity contribution is 0.0378. The summed E-state index contributed by atoms with van der Waals surface area (Å²) >= 11 is 3.21. The molecule has 1 aromatic rings. The highest BCUT2D eigenvalue weighted by molar-refractivity contribution is 9.10. The third-order valence-electron chi connectivity index (χ3n) is 3.02. The summed E-state index contributed by atoms with van der Waals surface area (Å²) in [6, 6.07) is 0. The average molecular weight is 332 g/mol. The van der Waals surface area contributed by atoms with Crippen molar-refractivity contribution in [2.45, 2.75) is 6.42 Å². The molecule has 1 aromatic heterocycles. The van der Waals surface area contributed by atoms with Crippen molar-refractivity contribution < 1.29 is 9.53 Å². The summed E-state index contributed by atoms with van der Waals surface area (Å²) in [5, 5.41) is 9.81. The van der Waals surface area contributed by atoms with Crippen LogP contribution in [-0.4, -0.2) is 60.4 Å². The van der Waals surface area contributed by atoms with E-state index in [1.807, 2.05) is 0 Å². The largest absolute Gasteiger partial charge is 0.379 e. The predicted octanol–water partition coefficient (Wildman–Crippen LogP) is 0.405. The Bertz CT molecular complexity index is 431. The van der Waals surface area contributed by atoms with Crippen LogP contribution in [0.2, 0.25) is 0 Å². The fourth-order valence-corrected chi connectivity index (χ4v) is 2.48. The Morgan fingerprint density at radius 2 is 2.26 bits per heavy atom. The molecule has 0 radical (unpaired) electrons. The first-order valence-corrected chi connectivity index (χ1v) is 7.05. The number of nitrogens with two attached hydrogens (primary N) is 1. The third kappa shape index (κ3) is 3.92. The summed E-state index contributed by atoms with van der Waals surface area (Å²) < 4.78 is 5.80. The number of anilines is 1. The highest BCUT2D eigenvalue weighted by atomic mass is 79.9. The molecule has 4 N–H and O–H groups in total. The van der Waals surface area contributed by atoms with E-state index in [-0.39, 0.29) is 0 Å². The van der Waals surface area contributed by atoms with Gasteiger partial charge in [0.05, 0.1) is 13.2 Å². The summed E-state index contributed by atoms with van der Waals surface area (Å²) in [4.78, 5) is 13.6. The number of rotatable bonds is 6. The molecule has 106 valence electrons. The molecule has 1 amide bonds. The molecule has 2 rings (SSSR count). The number of primary amides is 1. The van der Waals surface area contributed by atoms with Crippen LogP contribution in [0.5, 0.6) is 0 Å². The molecule has 1 saturated heterocycles. The highest BCUT2D eigenvalue weighted by Crippen LogP contribution is 2.20. The lowest BCUT2D eigenvalue weighted by Crippen LogP contribution is -2.37. The van der Waals surface area contributed by atoms with Gasteiger partial charge in [0.25, 0.3) is 5.91 Å². The summed E-state index contributed by atoms with van der Waals surface area (Å²) in [6.45, 7) is 5.35. The summed E-state index contributed by atoms with van der Waals surface area (Å²) in [5.74, 6) is -0.00217. The maximum absolute atomic E-state index is 11.3. The lowest BCUT2D eigenvalue weighted by atomic mass is 10.3. The van der Waals surface area contributed by atoms with Crippen LogP contribution in [0.3, 0.4) is 0 Å². The standard InChI is InChI=1S/C11H18BrN5O2/c12-9-8(10(13)18)11(16-15-9)14-2-1-3-17-4-6-19-7-5-17/h1-7H2,(H2,13,18)(H2,14,15,16). The van der Waals surface area contributed by atoms with Crippen LogP contribution in [0.15, 0.2) is 4.60 Å². The van der Waals surface area contributed by atoms with Crippen molar-refractivity contribution in [2.24, 2.45) is 5.73 Å². The molecular weight excluding hydrogens is 314 g/mol. The van der Waals surface area contributed by atoms with Gasteiger partial charge in [-0.25, -0.2) is 0 Å². The van der Waals surface area contributed by atoms with Crippen LogP contribution in [0.4, 0.5) is 5.82 Å². The summed E-state index contributed by atoms with van der Waals surface area (Å²) in [5.41, 5.74) is 5.66. The number of H-pyrrole nitrogens is 1. The van der Waals surface area contributed by atoms with Crippen molar-refractivity contribution in [1.29, 1.82) is 0 Å². The Hall–Kier alpha value is -1.12. The van der Waals surface area contributed by atoms with Gasteiger partial charge in [0.2, 0.25) is 0 Å². The molecule has 0 spiro atoms. The van der Waals surface area contributed by atoms with Gasteiger partial charge in [-0.2, -0.15) is 5.10 Å². The van der Waals surface area contributed by atoms with E-state index in [2.05, 4.69) is 36.3 Å². The zero-order valence-electron chi connectivity index (χ0n) is 10.6. The first-order valence-electron chi connectivity index (χ1n) is 6.26. The van der Waals surface area contributed by atoms with E-state index in [9.17, 15) is 4.79 Å². The number of aromatic nitrogens is 2. The second-order valence-electron chi connectivity index (χ2n) is 4.36. The number of halogens is 1. The molecular formula is C11H18BrN5O2. The molecule has 0 atom stereocenters. The van der Waals surface area contributed by atoms with Crippen molar-refractivity contribution in [3.63, 3.8) is 0 Å². The minimum atomic E-state index is -0.503. The Balaban J connectivity index is 1.75. The van der Waals surface area contributed by atoms with Crippen molar-refractivity contribution in [3.8, 4) is 0 Å². The molecule has 0 saturated carbocycles. The van der Waals surface area contributed by atoms with Crippen molar-refractivity contribution in [2.75, 3.05) is 44.7 Å². The van der Waals surface area contributed by atoms with Gasteiger partial charge in [-0.05, 0) is 28.9 Å². The Morgan fingerprint density at radius 1 is 1.53 bits per heavy atom. The van der Waals surface area contributed by atoms with Gasteiger partial charge in [-0.1, -0.05) is 0 Å². The number of morpholine rings is 1. The molecule has 0 unspecified atom stereocenters. The zero-order chi connectivity index (χ0) is 13.7. The molecule has 2 heterocycles. The molecule has 19 heavy (non-hydrogen) atoms. The molecule has 1 aliphatic rings. The number of nitrogens with zero attached hydrogens (tertiary/aromatic N) is 2. The number of aromatic amines is 1. The first kappa shape index (κ1) is 14.3. The first-order chi connectivity index (χ1) is 9.18. The van der Waals surface area contributed by atoms with Crippen LogP contribution in [-0.2, 0) is 4.74 Å². The van der Waals surface area contributed by atoms with Gasteiger partial charge in [0.15, 0.2) is 5.82 Å². The quantitative estimate of drug-likeness (QED) is 0.656. The molecule has 1 fully saturated rings. The van der Waals surface area contributed by atoms with Crippen molar-refractivity contribution in [3.05, 3.63) is 10.2 Å². The van der Waals surface area contributed by atoms with E-state index in [0.717, 1.165) is 45.8 Å². The van der Waals surface area contributed by atoms with Gasteiger partial charge in [0.1, 0.15) is 10.2 Å². The van der Waals surface area contributed by atoms with Crippen molar-refractivity contribution in [1.82, 2.24) is 15.1 Å². The topological polar surface area (TPSA) is 96.3 Å². The predicted molar refractivity (Wildman–Crippen MR) is 75.2 cm³/mol. The van der Waals surface area contributed by atoms with Gasteiger partial charge in [-0.15, -0.1) is 0 Å². The fourth-order valence-electron chi connectivity index (χ4n) is 2.01. The van der Waals surface area contributed by atoms with Gasteiger partial charge >= 0.3 is 0 Å². The van der Waals surface area contributed by atoms with Crippen LogP contribution in [0, 0.1) is 0 Å². The van der Waals surface area contributed by atoms with E-state index in [4.69, 9.17) is 10.5 Å². The van der Waals surface area contributed by atoms with Crippen molar-refractivity contribution >= 4 is 27.7 Å². The van der Waals surface area contributed by atoms with Gasteiger partial charge in [0, 0.05) is 19.6 Å². The number of hydrogen-bond acceptors (Lipinski definition) is 5. The molecule has 0 aromatic carbocycles. The van der Waals surface area contributed by atoms with E-state index in [0.29, 0.717) is 16.0 Å². The molecule has 7 nitrogen and oxygen atoms in total. The Labute approximate surface area is 120 Å². The summed E-state index contributed by atoms with van der Waals surface area (Å²) in [6.07, 6.45) is 0.975. The smallest absolute Gasteiger partial charge is 0.255 e. The average Bonchev–Trinajstić information content (AvgIpc) is 2.77. The highest BCUT2D eigenvalue weighted by Gasteiger charge is 2.16. The zero-order valence-corrected chi connectivity index (χ0v) is 12.2. The maximum Gasteiger partial charge on any atom is 0.255 e. The van der Waals surface area contributed by atoms with E-state index in [1.54, 1.807) is 0 Å². The Morgan fingerprint density at radius 3 is 2.95 bits per heavy atom. The number of ether oxygens (including phenoxy) is 1. The summed E-state index contributed by atoms with van der Waals surface area (Å²) in [7, 11) is 0. The number of nitrogens with one attached hydrogen (secondary N) is 2. The number of amides is 1. The monoisotopic (exact) mass is 331 g/mol. The number of carbonyl (C=O) groups excluding carboxylic acids is 1. The van der Waals surface area contributed by atoms with E-state index >= 15 is 0 Å². The van der Waals surface area contributed by atoms with Crippen LogP contribution in [0.1, 0.15) is 16.8 Å². The van der Waals surface area contributed by atoms with E-state index in [1.165, 1.54) is 0 Å². The fraction of sp³-hybridized carbons (Fsp3) is 0.636. The number of hydrogen-bond donors (Lipinski definition) is 3. The molecule has 0 bridgehead atoms. The maximum atomic E-state index is 11.3. The number of carbonyl (C=O) groups is 1. The SMILES string of the molecule is NC(=O)c1c(NCCCN2CCOCC2)n[nH]c1Br. The minimum absolute atomic E-state index is 0.367. The molecule has 1 aliphatic heterocycles. The third-order valence-corrected chi connectivity index (χ3v) is 3.59.